The number of carbonyl (C=O) groups excluding carboxylic acids is 1. The molecule has 1 aliphatic rings. The molecule has 1 aliphatic heterocycles. The Morgan fingerprint density at radius 3 is 1.86 bits per heavy atom. The molecule has 5 nitrogen and oxygen atoms in total. The van der Waals surface area contributed by atoms with Crippen LogP contribution >= 0.6 is 0 Å². The predicted molar refractivity (Wildman–Crippen MR) is 144 cm³/mol. The number of hydrogen-bond acceptors (Lipinski definition) is 4. The van der Waals surface area contributed by atoms with E-state index in [1.54, 1.807) is 12.1 Å². The Labute approximate surface area is 215 Å². The molecule has 2 N–H and O–H groups in total. The summed E-state index contributed by atoms with van der Waals surface area (Å²) in [6, 6.07) is 27.4. The van der Waals surface area contributed by atoms with Gasteiger partial charge in [0.05, 0.1) is 5.60 Å². The standard InChI is InChI=1S/C31H38N2O3/c1-3-33(4-2)29(35)31(25-13-7-5-8-14-25,26-15-9-6-10-16-26)21-24-32-22-19-30(36,20-23-32)27-17-11-12-18-28(27)34/h5-18,34,36H,3-4,19-24H2,1-2H3. The maximum Gasteiger partial charge on any atom is 0.237 e. The van der Waals surface area contributed by atoms with Crippen LogP contribution in [0.2, 0.25) is 0 Å². The summed E-state index contributed by atoms with van der Waals surface area (Å²) in [5, 5.41) is 21.6. The van der Waals surface area contributed by atoms with E-state index in [1.807, 2.05) is 67.3 Å². The van der Waals surface area contributed by atoms with Gasteiger partial charge < -0.3 is 20.0 Å². The Bertz CT molecular complexity index is 1080. The van der Waals surface area contributed by atoms with Crippen LogP contribution in [0.3, 0.4) is 0 Å². The van der Waals surface area contributed by atoms with Gasteiger partial charge >= 0.3 is 0 Å². The molecule has 1 amide bonds. The molecule has 0 bridgehead atoms. The Morgan fingerprint density at radius 2 is 1.36 bits per heavy atom. The monoisotopic (exact) mass is 486 g/mol. The topological polar surface area (TPSA) is 64.0 Å². The number of aliphatic hydroxyl groups is 1. The largest absolute Gasteiger partial charge is 0.508 e. The van der Waals surface area contributed by atoms with E-state index in [-0.39, 0.29) is 11.7 Å². The number of nitrogens with zero attached hydrogens (tertiary/aromatic N) is 2. The van der Waals surface area contributed by atoms with Crippen molar-refractivity contribution < 1.29 is 15.0 Å². The number of phenols is 1. The van der Waals surface area contributed by atoms with Gasteiger partial charge in [0.2, 0.25) is 5.91 Å². The average Bonchev–Trinajstić information content (AvgIpc) is 2.92. The summed E-state index contributed by atoms with van der Waals surface area (Å²) in [6.45, 7) is 7.52. The number of phenolic OH excluding ortho intramolecular Hbond substituents is 1. The maximum atomic E-state index is 14.3. The third kappa shape index (κ3) is 5.04. The fraction of sp³-hybridized carbons (Fsp3) is 0.387. The quantitative estimate of drug-likeness (QED) is 0.451. The second kappa shape index (κ2) is 11.3. The number of piperidine rings is 1. The fourth-order valence-electron chi connectivity index (χ4n) is 5.64. The highest BCUT2D eigenvalue weighted by Gasteiger charge is 2.44. The highest BCUT2D eigenvalue weighted by molar-refractivity contribution is 5.92. The van der Waals surface area contributed by atoms with Gasteiger partial charge in [-0.05, 0) is 56.8 Å². The first-order chi connectivity index (χ1) is 17.4. The maximum absolute atomic E-state index is 14.3. The van der Waals surface area contributed by atoms with Crippen LogP contribution in [-0.4, -0.2) is 58.6 Å². The minimum atomic E-state index is -1.03. The Morgan fingerprint density at radius 1 is 0.861 bits per heavy atom. The van der Waals surface area contributed by atoms with Gasteiger partial charge in [0.1, 0.15) is 11.2 Å². The molecule has 0 aromatic heterocycles. The van der Waals surface area contributed by atoms with Crippen LogP contribution < -0.4 is 0 Å². The highest BCUT2D eigenvalue weighted by atomic mass is 16.3. The number of amides is 1. The summed E-state index contributed by atoms with van der Waals surface area (Å²) in [5.74, 6) is 0.276. The smallest absolute Gasteiger partial charge is 0.237 e. The van der Waals surface area contributed by atoms with E-state index in [0.717, 1.165) is 17.7 Å². The number of likely N-dealkylation sites (N-methyl/N-ethyl adjacent to an activating group) is 1. The van der Waals surface area contributed by atoms with Gasteiger partial charge in [0.25, 0.3) is 0 Å². The Balaban J connectivity index is 1.62. The molecule has 3 aromatic rings. The third-order valence-electron chi connectivity index (χ3n) is 7.84. The lowest BCUT2D eigenvalue weighted by atomic mass is 9.70. The summed E-state index contributed by atoms with van der Waals surface area (Å²) >= 11 is 0. The minimum Gasteiger partial charge on any atom is -0.508 e. The molecule has 0 unspecified atom stereocenters. The van der Waals surface area contributed by atoms with Crippen LogP contribution in [0.25, 0.3) is 0 Å². The van der Waals surface area contributed by atoms with E-state index < -0.39 is 11.0 Å². The zero-order chi connectivity index (χ0) is 25.6. The van der Waals surface area contributed by atoms with Crippen LogP contribution in [0.4, 0.5) is 0 Å². The molecule has 0 spiro atoms. The van der Waals surface area contributed by atoms with E-state index in [2.05, 4.69) is 29.2 Å². The van der Waals surface area contributed by atoms with Gasteiger partial charge in [-0.15, -0.1) is 0 Å². The lowest BCUT2D eigenvalue weighted by Gasteiger charge is -2.42. The van der Waals surface area contributed by atoms with E-state index in [4.69, 9.17) is 0 Å². The van der Waals surface area contributed by atoms with Crippen molar-refractivity contribution in [3.8, 4) is 5.75 Å². The summed E-state index contributed by atoms with van der Waals surface area (Å²) in [4.78, 5) is 18.5. The van der Waals surface area contributed by atoms with E-state index in [1.165, 1.54) is 0 Å². The second-order valence-electron chi connectivity index (χ2n) is 9.76. The molecule has 3 aromatic carbocycles. The van der Waals surface area contributed by atoms with Gasteiger partial charge in [-0.25, -0.2) is 0 Å². The number of benzene rings is 3. The van der Waals surface area contributed by atoms with Crippen LogP contribution in [0.1, 0.15) is 49.8 Å². The number of rotatable bonds is 9. The number of para-hydroxylation sites is 1. The van der Waals surface area contributed by atoms with Crippen molar-refractivity contribution in [3.05, 3.63) is 102 Å². The van der Waals surface area contributed by atoms with Crippen molar-refractivity contribution in [1.82, 2.24) is 9.80 Å². The van der Waals surface area contributed by atoms with Crippen molar-refractivity contribution >= 4 is 5.91 Å². The first-order valence-corrected chi connectivity index (χ1v) is 13.1. The van der Waals surface area contributed by atoms with E-state index in [0.29, 0.717) is 51.0 Å². The molecule has 0 aliphatic carbocycles. The van der Waals surface area contributed by atoms with Gasteiger partial charge in [-0.2, -0.15) is 0 Å². The SMILES string of the molecule is CCN(CC)C(=O)C(CCN1CCC(O)(c2ccccc2O)CC1)(c1ccccc1)c1ccccc1. The summed E-state index contributed by atoms with van der Waals surface area (Å²) in [5.41, 5.74) is 0.797. The zero-order valence-corrected chi connectivity index (χ0v) is 21.4. The zero-order valence-electron chi connectivity index (χ0n) is 21.4. The normalized spacial score (nSPS) is 16.0. The molecule has 0 atom stereocenters. The number of likely N-dealkylation sites (tertiary alicyclic amines) is 1. The molecule has 1 fully saturated rings. The fourth-order valence-corrected chi connectivity index (χ4v) is 5.64. The lowest BCUT2D eigenvalue weighted by Crippen LogP contribution is -2.50. The molecule has 0 saturated carbocycles. The molecule has 190 valence electrons. The van der Waals surface area contributed by atoms with Crippen LogP contribution in [0.15, 0.2) is 84.9 Å². The molecular weight excluding hydrogens is 448 g/mol. The second-order valence-corrected chi connectivity index (χ2v) is 9.76. The molecule has 36 heavy (non-hydrogen) atoms. The first-order valence-electron chi connectivity index (χ1n) is 13.1. The first kappa shape index (κ1) is 25.9. The predicted octanol–water partition coefficient (Wildman–Crippen LogP) is 4.92. The van der Waals surface area contributed by atoms with Gasteiger partial charge in [0.15, 0.2) is 0 Å². The summed E-state index contributed by atoms with van der Waals surface area (Å²) < 4.78 is 0. The molecular formula is C31H38N2O3. The number of hydrogen-bond donors (Lipinski definition) is 2. The number of carbonyl (C=O) groups is 1. The van der Waals surface area contributed by atoms with Gasteiger partial charge in [-0.1, -0.05) is 78.9 Å². The lowest BCUT2D eigenvalue weighted by molar-refractivity contribution is -0.136. The van der Waals surface area contributed by atoms with E-state index >= 15 is 0 Å². The van der Waals surface area contributed by atoms with Gasteiger partial charge in [-0.3, -0.25) is 4.79 Å². The Kier molecular flexibility index (Phi) is 8.12. The van der Waals surface area contributed by atoms with Crippen molar-refractivity contribution in [2.45, 2.75) is 44.1 Å². The number of aromatic hydroxyl groups is 1. The molecule has 0 radical (unpaired) electrons. The average molecular weight is 487 g/mol. The summed E-state index contributed by atoms with van der Waals surface area (Å²) in [7, 11) is 0. The van der Waals surface area contributed by atoms with Crippen LogP contribution in [0, 0.1) is 0 Å². The van der Waals surface area contributed by atoms with Crippen molar-refractivity contribution in [2.75, 3.05) is 32.7 Å². The third-order valence-corrected chi connectivity index (χ3v) is 7.84. The van der Waals surface area contributed by atoms with Crippen LogP contribution in [-0.2, 0) is 15.8 Å². The molecule has 4 rings (SSSR count). The molecule has 1 saturated heterocycles. The highest BCUT2D eigenvalue weighted by Crippen LogP contribution is 2.40. The minimum absolute atomic E-state index is 0.132. The summed E-state index contributed by atoms with van der Waals surface area (Å²) in [6.07, 6.45) is 1.72. The van der Waals surface area contributed by atoms with Crippen molar-refractivity contribution in [1.29, 1.82) is 0 Å². The van der Waals surface area contributed by atoms with Crippen molar-refractivity contribution in [3.63, 3.8) is 0 Å². The Hall–Kier alpha value is -3.15. The van der Waals surface area contributed by atoms with E-state index in [9.17, 15) is 15.0 Å². The van der Waals surface area contributed by atoms with Crippen LogP contribution in [0.5, 0.6) is 5.75 Å². The van der Waals surface area contributed by atoms with Gasteiger partial charge in [0, 0.05) is 31.7 Å². The molecule has 1 heterocycles. The molecule has 5 heteroatoms. The van der Waals surface area contributed by atoms with Crippen molar-refractivity contribution in [2.24, 2.45) is 0 Å².